The maximum absolute atomic E-state index is 13.7. The first kappa shape index (κ1) is 20.6. The summed E-state index contributed by atoms with van der Waals surface area (Å²) in [6.07, 6.45) is 0.644. The lowest BCUT2D eigenvalue weighted by Gasteiger charge is -2.26. The highest BCUT2D eigenvalue weighted by atomic mass is 16.2. The molecule has 29 heavy (non-hydrogen) atoms. The number of anilines is 1. The van der Waals surface area contributed by atoms with Crippen LogP contribution in [0.25, 0.3) is 0 Å². The van der Waals surface area contributed by atoms with Gasteiger partial charge in [-0.3, -0.25) is 9.59 Å². The number of para-hydroxylation sites is 1. The van der Waals surface area contributed by atoms with Crippen molar-refractivity contribution in [2.45, 2.75) is 40.7 Å². The van der Waals surface area contributed by atoms with Crippen molar-refractivity contribution in [3.63, 3.8) is 0 Å². The van der Waals surface area contributed by atoms with E-state index in [1.165, 1.54) is 6.07 Å². The van der Waals surface area contributed by atoms with E-state index in [1.54, 1.807) is 4.90 Å². The molecule has 1 heterocycles. The molecule has 0 unspecified atom stereocenters. The Morgan fingerprint density at radius 1 is 1.00 bits per heavy atom. The van der Waals surface area contributed by atoms with Crippen LogP contribution in [0.1, 0.15) is 46.7 Å². The van der Waals surface area contributed by atoms with Crippen LogP contribution in [-0.4, -0.2) is 10.9 Å². The standard InChI is InChI=1S/C25H28N2O2/c1-17(2)14-21-24(23(28)15-19(4)26-21)25(29)27(16-20-11-6-5-7-12-20)22-13-9-8-10-18(22)3/h5-13,15,17H,14,16H2,1-4H3,(H,26,28). The molecule has 0 saturated carbocycles. The summed E-state index contributed by atoms with van der Waals surface area (Å²) in [5.41, 5.74) is 4.31. The van der Waals surface area contributed by atoms with Gasteiger partial charge in [0.1, 0.15) is 5.56 Å². The van der Waals surface area contributed by atoms with Crippen LogP contribution in [0.3, 0.4) is 0 Å². The van der Waals surface area contributed by atoms with Gasteiger partial charge in [0.2, 0.25) is 0 Å². The van der Waals surface area contributed by atoms with Crippen LogP contribution in [0.15, 0.2) is 65.5 Å². The number of aryl methyl sites for hydroxylation is 2. The van der Waals surface area contributed by atoms with Gasteiger partial charge in [-0.05, 0) is 43.4 Å². The van der Waals surface area contributed by atoms with Gasteiger partial charge in [-0.25, -0.2) is 0 Å². The number of benzene rings is 2. The van der Waals surface area contributed by atoms with Crippen molar-refractivity contribution in [2.24, 2.45) is 5.92 Å². The number of pyridine rings is 1. The van der Waals surface area contributed by atoms with Gasteiger partial charge in [0.15, 0.2) is 5.43 Å². The largest absolute Gasteiger partial charge is 0.362 e. The fourth-order valence-electron chi connectivity index (χ4n) is 3.58. The minimum absolute atomic E-state index is 0.228. The average Bonchev–Trinajstić information content (AvgIpc) is 2.66. The van der Waals surface area contributed by atoms with E-state index in [9.17, 15) is 9.59 Å². The molecule has 2 aromatic carbocycles. The van der Waals surface area contributed by atoms with Crippen molar-refractivity contribution in [2.75, 3.05) is 4.90 Å². The third kappa shape index (κ3) is 4.83. The lowest BCUT2D eigenvalue weighted by Crippen LogP contribution is -2.36. The van der Waals surface area contributed by atoms with Crippen molar-refractivity contribution in [3.8, 4) is 0 Å². The van der Waals surface area contributed by atoms with Gasteiger partial charge in [0.05, 0.1) is 6.54 Å². The van der Waals surface area contributed by atoms with Crippen LogP contribution in [0.2, 0.25) is 0 Å². The van der Waals surface area contributed by atoms with Crippen LogP contribution >= 0.6 is 0 Å². The third-order valence-corrected chi connectivity index (χ3v) is 4.90. The molecule has 3 aromatic rings. The van der Waals surface area contributed by atoms with E-state index >= 15 is 0 Å². The molecule has 0 atom stereocenters. The smallest absolute Gasteiger partial charge is 0.264 e. The highest BCUT2D eigenvalue weighted by Crippen LogP contribution is 2.24. The van der Waals surface area contributed by atoms with E-state index in [0.717, 1.165) is 22.5 Å². The molecule has 4 heteroatoms. The van der Waals surface area contributed by atoms with Crippen LogP contribution < -0.4 is 10.3 Å². The SMILES string of the molecule is Cc1cc(=O)c(C(=O)N(Cc2ccccc2)c2ccccc2C)c(CC(C)C)[nH]1. The molecule has 0 aliphatic carbocycles. The van der Waals surface area contributed by atoms with Crippen molar-refractivity contribution in [1.29, 1.82) is 0 Å². The Morgan fingerprint density at radius 3 is 2.31 bits per heavy atom. The number of carbonyl (C=O) groups is 1. The molecular weight excluding hydrogens is 360 g/mol. The van der Waals surface area contributed by atoms with Crippen LogP contribution in [0, 0.1) is 19.8 Å². The average molecular weight is 389 g/mol. The molecule has 3 rings (SSSR count). The number of nitrogens with one attached hydrogen (secondary N) is 1. The fraction of sp³-hybridized carbons (Fsp3) is 0.280. The van der Waals surface area contributed by atoms with Crippen molar-refractivity contribution < 1.29 is 4.79 Å². The van der Waals surface area contributed by atoms with E-state index < -0.39 is 0 Å². The van der Waals surface area contributed by atoms with Gasteiger partial charge < -0.3 is 9.88 Å². The minimum atomic E-state index is -0.264. The quantitative estimate of drug-likeness (QED) is 0.643. The van der Waals surface area contributed by atoms with Gasteiger partial charge in [0, 0.05) is 23.1 Å². The second kappa shape index (κ2) is 8.91. The zero-order valence-electron chi connectivity index (χ0n) is 17.5. The van der Waals surface area contributed by atoms with Crippen molar-refractivity contribution in [1.82, 2.24) is 4.98 Å². The van der Waals surface area contributed by atoms with Gasteiger partial charge in [-0.15, -0.1) is 0 Å². The number of H-pyrrole nitrogens is 1. The van der Waals surface area contributed by atoms with E-state index in [2.05, 4.69) is 18.8 Å². The lowest BCUT2D eigenvalue weighted by atomic mass is 10.0. The van der Waals surface area contributed by atoms with E-state index in [0.29, 0.717) is 24.6 Å². The Kier molecular flexibility index (Phi) is 6.32. The Hall–Kier alpha value is -3.14. The molecule has 0 bridgehead atoms. The van der Waals surface area contributed by atoms with Gasteiger partial charge in [-0.1, -0.05) is 62.4 Å². The number of rotatable bonds is 6. The number of aromatic amines is 1. The van der Waals surface area contributed by atoms with Crippen LogP contribution in [0.5, 0.6) is 0 Å². The first-order valence-corrected chi connectivity index (χ1v) is 10.0. The number of nitrogens with zero attached hydrogens (tertiary/aromatic N) is 1. The van der Waals surface area contributed by atoms with Crippen LogP contribution in [-0.2, 0) is 13.0 Å². The zero-order valence-corrected chi connectivity index (χ0v) is 17.5. The summed E-state index contributed by atoms with van der Waals surface area (Å²) in [4.78, 5) is 31.6. The molecule has 0 saturated heterocycles. The molecule has 150 valence electrons. The highest BCUT2D eigenvalue weighted by Gasteiger charge is 2.25. The van der Waals surface area contributed by atoms with Crippen molar-refractivity contribution >= 4 is 11.6 Å². The normalized spacial score (nSPS) is 10.9. The molecule has 0 fully saturated rings. The Morgan fingerprint density at radius 2 is 1.66 bits per heavy atom. The third-order valence-electron chi connectivity index (χ3n) is 4.90. The number of hydrogen-bond acceptors (Lipinski definition) is 2. The first-order chi connectivity index (χ1) is 13.9. The summed E-state index contributed by atoms with van der Waals surface area (Å²) in [6, 6.07) is 19.1. The number of amides is 1. The Bertz CT molecular complexity index is 1050. The first-order valence-electron chi connectivity index (χ1n) is 10.0. The topological polar surface area (TPSA) is 53.2 Å². The Labute approximate surface area is 172 Å². The van der Waals surface area contributed by atoms with Gasteiger partial charge in [0.25, 0.3) is 5.91 Å². The van der Waals surface area contributed by atoms with Crippen LogP contribution in [0.4, 0.5) is 5.69 Å². The molecular formula is C25H28N2O2. The maximum atomic E-state index is 13.7. The fourth-order valence-corrected chi connectivity index (χ4v) is 3.58. The summed E-state index contributed by atoms with van der Waals surface area (Å²) in [6.45, 7) is 8.40. The Balaban J connectivity index is 2.13. The minimum Gasteiger partial charge on any atom is -0.362 e. The molecule has 0 radical (unpaired) electrons. The van der Waals surface area contributed by atoms with E-state index in [-0.39, 0.29) is 16.9 Å². The molecule has 0 aliphatic heterocycles. The highest BCUT2D eigenvalue weighted by molar-refractivity contribution is 6.07. The van der Waals surface area contributed by atoms with E-state index in [1.807, 2.05) is 68.4 Å². The monoisotopic (exact) mass is 388 g/mol. The number of aromatic nitrogens is 1. The maximum Gasteiger partial charge on any atom is 0.264 e. The summed E-state index contributed by atoms with van der Waals surface area (Å²) in [7, 11) is 0. The van der Waals surface area contributed by atoms with Gasteiger partial charge in [-0.2, -0.15) is 0 Å². The van der Waals surface area contributed by atoms with E-state index in [4.69, 9.17) is 0 Å². The predicted molar refractivity (Wildman–Crippen MR) is 118 cm³/mol. The predicted octanol–water partition coefficient (Wildman–Crippen LogP) is 5.04. The number of carbonyl (C=O) groups excluding carboxylic acids is 1. The molecule has 1 amide bonds. The van der Waals surface area contributed by atoms with Crippen molar-refractivity contribution in [3.05, 3.63) is 99.0 Å². The molecule has 4 nitrogen and oxygen atoms in total. The van der Waals surface area contributed by atoms with Gasteiger partial charge >= 0.3 is 0 Å². The molecule has 0 spiro atoms. The molecule has 0 aliphatic rings. The molecule has 1 N–H and O–H groups in total. The lowest BCUT2D eigenvalue weighted by molar-refractivity contribution is 0.0982. The second-order valence-electron chi connectivity index (χ2n) is 7.93. The summed E-state index contributed by atoms with van der Waals surface area (Å²) >= 11 is 0. The second-order valence-corrected chi connectivity index (χ2v) is 7.93. The summed E-state index contributed by atoms with van der Waals surface area (Å²) < 4.78 is 0. The molecule has 1 aromatic heterocycles. The zero-order chi connectivity index (χ0) is 21.0. The summed E-state index contributed by atoms with van der Waals surface area (Å²) in [5, 5.41) is 0. The number of hydrogen-bond donors (Lipinski definition) is 1. The summed E-state index contributed by atoms with van der Waals surface area (Å²) in [5.74, 6) is 0.0556.